The van der Waals surface area contributed by atoms with Crippen molar-refractivity contribution in [1.29, 1.82) is 0 Å². The van der Waals surface area contributed by atoms with Crippen LogP contribution in [0.5, 0.6) is 0 Å². The van der Waals surface area contributed by atoms with Crippen LogP contribution in [0.3, 0.4) is 0 Å². The summed E-state index contributed by atoms with van der Waals surface area (Å²) in [5.41, 5.74) is 2.14. The van der Waals surface area contributed by atoms with E-state index in [4.69, 9.17) is 11.6 Å². The zero-order valence-corrected chi connectivity index (χ0v) is 14.4. The molecule has 2 heterocycles. The zero-order valence-electron chi connectivity index (χ0n) is 12.8. The van der Waals surface area contributed by atoms with Gasteiger partial charge in [0, 0.05) is 19.0 Å². The summed E-state index contributed by atoms with van der Waals surface area (Å²) in [6, 6.07) is 0.502. The second-order valence-corrected chi connectivity index (χ2v) is 7.25. The third kappa shape index (κ3) is 3.92. The fraction of sp³-hybridized carbons (Fsp3) is 0.800. The summed E-state index contributed by atoms with van der Waals surface area (Å²) in [6.07, 6.45) is 4.96. The maximum atomic E-state index is 6.42. The molecular weight excluding hydrogens is 290 g/mol. The Kier molecular flexibility index (Phi) is 6.24. The number of hydrogen-bond acceptors (Lipinski definition) is 3. The highest BCUT2D eigenvalue weighted by Gasteiger charge is 2.21. The second-order valence-electron chi connectivity index (χ2n) is 5.64. The largest absolute Gasteiger partial charge is 0.317 e. The van der Waals surface area contributed by atoms with Crippen LogP contribution in [0.4, 0.5) is 0 Å². The van der Waals surface area contributed by atoms with Gasteiger partial charge in [-0.15, -0.1) is 0 Å². The Hall–Kier alpha value is -0.190. The fourth-order valence-corrected chi connectivity index (χ4v) is 4.40. The van der Waals surface area contributed by atoms with Crippen molar-refractivity contribution in [2.75, 3.05) is 18.6 Å². The Morgan fingerprint density at radius 3 is 2.75 bits per heavy atom. The van der Waals surface area contributed by atoms with Crippen molar-refractivity contribution < 1.29 is 0 Å². The highest BCUT2D eigenvalue weighted by atomic mass is 35.5. The molecule has 5 heteroatoms. The Balaban J connectivity index is 2.02. The number of rotatable bonds is 6. The summed E-state index contributed by atoms with van der Waals surface area (Å²) in [4.78, 5) is 0. The van der Waals surface area contributed by atoms with E-state index in [1.54, 1.807) is 0 Å². The molecule has 20 heavy (non-hydrogen) atoms. The van der Waals surface area contributed by atoms with E-state index in [0.29, 0.717) is 6.04 Å². The van der Waals surface area contributed by atoms with E-state index < -0.39 is 0 Å². The molecule has 114 valence electrons. The van der Waals surface area contributed by atoms with Crippen LogP contribution in [-0.2, 0) is 13.0 Å². The number of aromatic nitrogens is 2. The maximum Gasteiger partial charge on any atom is 0.0847 e. The topological polar surface area (TPSA) is 29.9 Å². The molecule has 0 radical (unpaired) electrons. The van der Waals surface area contributed by atoms with Crippen LogP contribution in [-0.4, -0.2) is 34.4 Å². The Morgan fingerprint density at radius 2 is 2.15 bits per heavy atom. The van der Waals surface area contributed by atoms with Crippen LogP contribution in [0.15, 0.2) is 0 Å². The molecule has 1 aromatic rings. The van der Waals surface area contributed by atoms with E-state index in [0.717, 1.165) is 29.6 Å². The van der Waals surface area contributed by atoms with Gasteiger partial charge >= 0.3 is 0 Å². The van der Waals surface area contributed by atoms with Gasteiger partial charge in [0.15, 0.2) is 0 Å². The molecule has 0 amide bonds. The first-order valence-electron chi connectivity index (χ1n) is 7.62. The van der Waals surface area contributed by atoms with Crippen molar-refractivity contribution in [3.63, 3.8) is 0 Å². The summed E-state index contributed by atoms with van der Waals surface area (Å²) in [7, 11) is 2.07. The highest BCUT2D eigenvalue weighted by molar-refractivity contribution is 7.99. The van der Waals surface area contributed by atoms with E-state index in [9.17, 15) is 0 Å². The molecular formula is C15H26ClN3S. The van der Waals surface area contributed by atoms with Gasteiger partial charge in [0.25, 0.3) is 0 Å². The second kappa shape index (κ2) is 7.71. The number of aryl methyl sites for hydroxylation is 2. The van der Waals surface area contributed by atoms with Gasteiger partial charge in [-0.1, -0.05) is 11.6 Å². The van der Waals surface area contributed by atoms with E-state index in [1.165, 1.54) is 36.5 Å². The van der Waals surface area contributed by atoms with Gasteiger partial charge in [-0.2, -0.15) is 16.9 Å². The highest BCUT2D eigenvalue weighted by Crippen LogP contribution is 2.28. The Morgan fingerprint density at radius 1 is 1.45 bits per heavy atom. The quantitative estimate of drug-likeness (QED) is 0.871. The van der Waals surface area contributed by atoms with Crippen molar-refractivity contribution in [2.45, 2.75) is 52.1 Å². The molecule has 0 aliphatic carbocycles. The fourth-order valence-electron chi connectivity index (χ4n) is 2.99. The normalized spacial score (nSPS) is 18.4. The predicted octanol–water partition coefficient (Wildman–Crippen LogP) is 3.53. The first-order valence-corrected chi connectivity index (χ1v) is 9.15. The molecule has 0 spiro atoms. The third-order valence-corrected chi connectivity index (χ3v) is 5.80. The van der Waals surface area contributed by atoms with Crippen LogP contribution in [0, 0.1) is 12.8 Å². The molecule has 1 unspecified atom stereocenters. The lowest BCUT2D eigenvalue weighted by Gasteiger charge is -2.26. The average Bonchev–Trinajstić information content (AvgIpc) is 2.75. The van der Waals surface area contributed by atoms with Crippen molar-refractivity contribution in [1.82, 2.24) is 15.1 Å². The van der Waals surface area contributed by atoms with Crippen LogP contribution >= 0.6 is 23.4 Å². The lowest BCUT2D eigenvalue weighted by atomic mass is 9.92. The van der Waals surface area contributed by atoms with Gasteiger partial charge in [0.1, 0.15) is 0 Å². The smallest absolute Gasteiger partial charge is 0.0847 e. The van der Waals surface area contributed by atoms with Gasteiger partial charge in [0.2, 0.25) is 0 Å². The SMILES string of the molecule is CCn1nc(C)c(Cl)c1CC(CC1CCSCC1)NC. The molecule has 1 fully saturated rings. The lowest BCUT2D eigenvalue weighted by Crippen LogP contribution is -2.32. The lowest BCUT2D eigenvalue weighted by molar-refractivity contribution is 0.371. The van der Waals surface area contributed by atoms with Crippen molar-refractivity contribution >= 4 is 23.4 Å². The van der Waals surface area contributed by atoms with Gasteiger partial charge in [0.05, 0.1) is 16.4 Å². The number of nitrogens with one attached hydrogen (secondary N) is 1. The summed E-state index contributed by atoms with van der Waals surface area (Å²) in [5.74, 6) is 3.52. The summed E-state index contributed by atoms with van der Waals surface area (Å²) < 4.78 is 2.05. The minimum absolute atomic E-state index is 0.502. The summed E-state index contributed by atoms with van der Waals surface area (Å²) >= 11 is 8.52. The molecule has 1 N–H and O–H groups in total. The number of halogens is 1. The monoisotopic (exact) mass is 315 g/mol. The molecule has 1 aliphatic rings. The minimum Gasteiger partial charge on any atom is -0.317 e. The zero-order chi connectivity index (χ0) is 14.5. The standard InChI is InChI=1S/C15H26ClN3S/c1-4-19-14(15(16)11(2)18-19)10-13(17-3)9-12-5-7-20-8-6-12/h12-13,17H,4-10H2,1-3H3. The maximum absolute atomic E-state index is 6.42. The number of nitrogens with zero attached hydrogens (tertiary/aromatic N) is 2. The molecule has 3 nitrogen and oxygen atoms in total. The van der Waals surface area contributed by atoms with E-state index in [1.807, 2.05) is 6.92 Å². The van der Waals surface area contributed by atoms with Crippen molar-refractivity contribution in [2.24, 2.45) is 5.92 Å². The van der Waals surface area contributed by atoms with Gasteiger partial charge < -0.3 is 5.32 Å². The van der Waals surface area contributed by atoms with Gasteiger partial charge in [-0.05, 0) is 57.6 Å². The molecule has 2 rings (SSSR count). The molecule has 1 aromatic heterocycles. The summed E-state index contributed by atoms with van der Waals surface area (Å²) in [6.45, 7) is 5.00. The Labute approximate surface area is 131 Å². The number of hydrogen-bond donors (Lipinski definition) is 1. The number of thioether (sulfide) groups is 1. The molecule has 0 saturated carbocycles. The Bertz CT molecular complexity index is 427. The minimum atomic E-state index is 0.502. The van der Waals surface area contributed by atoms with Crippen LogP contribution in [0.25, 0.3) is 0 Å². The van der Waals surface area contributed by atoms with Crippen LogP contribution in [0.1, 0.15) is 37.6 Å². The predicted molar refractivity (Wildman–Crippen MR) is 88.9 cm³/mol. The van der Waals surface area contributed by atoms with Crippen LogP contribution in [0.2, 0.25) is 5.02 Å². The molecule has 0 bridgehead atoms. The van der Waals surface area contributed by atoms with Gasteiger partial charge in [-0.3, -0.25) is 4.68 Å². The van der Waals surface area contributed by atoms with E-state index >= 15 is 0 Å². The first kappa shape index (κ1) is 16.2. The van der Waals surface area contributed by atoms with E-state index in [-0.39, 0.29) is 0 Å². The molecule has 1 atom stereocenters. The molecule has 1 saturated heterocycles. The van der Waals surface area contributed by atoms with Crippen molar-refractivity contribution in [3.05, 3.63) is 16.4 Å². The van der Waals surface area contributed by atoms with E-state index in [2.05, 4.69) is 40.8 Å². The first-order chi connectivity index (χ1) is 9.65. The third-order valence-electron chi connectivity index (χ3n) is 4.26. The van der Waals surface area contributed by atoms with Crippen LogP contribution < -0.4 is 5.32 Å². The average molecular weight is 316 g/mol. The van der Waals surface area contributed by atoms with Crippen molar-refractivity contribution in [3.8, 4) is 0 Å². The van der Waals surface area contributed by atoms with Gasteiger partial charge in [-0.25, -0.2) is 0 Å². The summed E-state index contributed by atoms with van der Waals surface area (Å²) in [5, 5.41) is 8.85. The molecule has 1 aliphatic heterocycles. The number of likely N-dealkylation sites (N-methyl/N-ethyl adjacent to an activating group) is 1. The molecule has 0 aromatic carbocycles.